The molecule has 1 atom stereocenters. The molecule has 2 aromatic rings. The maximum atomic E-state index is 13.1. The van der Waals surface area contributed by atoms with Gasteiger partial charge in [-0.1, -0.05) is 25.9 Å². The van der Waals surface area contributed by atoms with Gasteiger partial charge in [-0.25, -0.2) is 4.39 Å². The first-order valence-corrected chi connectivity index (χ1v) is 10.1. The number of nitrogens with zero attached hydrogens (tertiary/aromatic N) is 3. The summed E-state index contributed by atoms with van der Waals surface area (Å²) in [6.07, 6.45) is 2.80. The van der Waals surface area contributed by atoms with Crippen molar-refractivity contribution in [3.63, 3.8) is 0 Å². The first-order chi connectivity index (χ1) is 13.3. The standard InChI is InChI=1S/C22H28FN3O2/c1-22(2,3)15-4-9-19-18(14-15)20(24-28-19)21(27)26-12-10-25(11-13-26)17-7-5-16(23)6-8-17/h5-8,15H,4,9-14H2,1-3H3. The van der Waals surface area contributed by atoms with E-state index in [1.54, 1.807) is 12.1 Å². The number of halogens is 1. The fourth-order valence-electron chi connectivity index (χ4n) is 4.28. The van der Waals surface area contributed by atoms with Gasteiger partial charge in [0.2, 0.25) is 0 Å². The number of aromatic nitrogens is 1. The summed E-state index contributed by atoms with van der Waals surface area (Å²) in [4.78, 5) is 17.1. The summed E-state index contributed by atoms with van der Waals surface area (Å²) >= 11 is 0. The van der Waals surface area contributed by atoms with E-state index in [-0.39, 0.29) is 17.1 Å². The lowest BCUT2D eigenvalue weighted by Crippen LogP contribution is -2.49. The fraction of sp³-hybridized carbons (Fsp3) is 0.545. The molecule has 1 fully saturated rings. The molecule has 2 heterocycles. The predicted molar refractivity (Wildman–Crippen MR) is 106 cm³/mol. The van der Waals surface area contributed by atoms with E-state index >= 15 is 0 Å². The zero-order valence-corrected chi connectivity index (χ0v) is 16.9. The van der Waals surface area contributed by atoms with Crippen LogP contribution in [0.5, 0.6) is 0 Å². The number of carbonyl (C=O) groups excluding carboxylic acids is 1. The summed E-state index contributed by atoms with van der Waals surface area (Å²) in [6.45, 7) is 9.47. The van der Waals surface area contributed by atoms with Crippen LogP contribution >= 0.6 is 0 Å². The van der Waals surface area contributed by atoms with Crippen molar-refractivity contribution in [3.05, 3.63) is 47.1 Å². The predicted octanol–water partition coefficient (Wildman–Crippen LogP) is 3.93. The summed E-state index contributed by atoms with van der Waals surface area (Å²) in [5, 5.41) is 4.15. The van der Waals surface area contributed by atoms with Gasteiger partial charge in [-0.05, 0) is 48.4 Å². The SMILES string of the molecule is CC(C)(C)C1CCc2onc(C(=O)N3CCN(c4ccc(F)cc4)CC3)c2C1. The second-order valence-electron chi connectivity index (χ2n) is 8.99. The van der Waals surface area contributed by atoms with Crippen LogP contribution in [0, 0.1) is 17.2 Å². The second kappa shape index (κ2) is 7.22. The minimum Gasteiger partial charge on any atom is -0.368 e. The molecule has 1 amide bonds. The van der Waals surface area contributed by atoms with Crippen LogP contribution in [0.4, 0.5) is 10.1 Å². The molecule has 1 aliphatic heterocycles. The van der Waals surface area contributed by atoms with Gasteiger partial charge in [0.25, 0.3) is 5.91 Å². The first-order valence-electron chi connectivity index (χ1n) is 10.1. The van der Waals surface area contributed by atoms with Crippen LogP contribution < -0.4 is 4.90 Å². The van der Waals surface area contributed by atoms with Crippen LogP contribution in [0.15, 0.2) is 28.8 Å². The maximum Gasteiger partial charge on any atom is 0.276 e. The lowest BCUT2D eigenvalue weighted by molar-refractivity contribution is 0.0734. The molecular weight excluding hydrogens is 357 g/mol. The summed E-state index contributed by atoms with van der Waals surface area (Å²) in [5.74, 6) is 1.15. The Morgan fingerprint density at radius 2 is 1.82 bits per heavy atom. The third-order valence-electron chi connectivity index (χ3n) is 6.23. The Hall–Kier alpha value is -2.37. The Morgan fingerprint density at radius 3 is 2.46 bits per heavy atom. The minimum atomic E-state index is -0.234. The molecule has 1 aliphatic carbocycles. The molecule has 5 nitrogen and oxygen atoms in total. The van der Waals surface area contributed by atoms with Crippen LogP contribution in [0.25, 0.3) is 0 Å². The van der Waals surface area contributed by atoms with Gasteiger partial charge in [0, 0.05) is 43.9 Å². The van der Waals surface area contributed by atoms with E-state index < -0.39 is 0 Å². The van der Waals surface area contributed by atoms with Crippen molar-refractivity contribution in [2.75, 3.05) is 31.1 Å². The highest BCUT2D eigenvalue weighted by atomic mass is 19.1. The Morgan fingerprint density at radius 1 is 1.14 bits per heavy atom. The third-order valence-corrected chi connectivity index (χ3v) is 6.23. The van der Waals surface area contributed by atoms with E-state index in [0.717, 1.165) is 49.4 Å². The number of benzene rings is 1. The van der Waals surface area contributed by atoms with E-state index in [2.05, 4.69) is 30.8 Å². The molecule has 2 aliphatic rings. The number of fused-ring (bicyclic) bond motifs is 1. The highest BCUT2D eigenvalue weighted by molar-refractivity contribution is 5.94. The van der Waals surface area contributed by atoms with Crippen LogP contribution in [0.2, 0.25) is 0 Å². The third kappa shape index (κ3) is 3.64. The number of hydrogen-bond acceptors (Lipinski definition) is 4. The van der Waals surface area contributed by atoms with E-state index in [9.17, 15) is 9.18 Å². The molecule has 28 heavy (non-hydrogen) atoms. The number of aryl methyl sites for hydroxylation is 1. The lowest BCUT2D eigenvalue weighted by atomic mass is 9.71. The van der Waals surface area contributed by atoms with Crippen molar-refractivity contribution in [1.29, 1.82) is 0 Å². The molecular formula is C22H28FN3O2. The number of amides is 1. The molecule has 1 aromatic carbocycles. The molecule has 0 radical (unpaired) electrons. The molecule has 4 rings (SSSR count). The highest BCUT2D eigenvalue weighted by Gasteiger charge is 2.35. The highest BCUT2D eigenvalue weighted by Crippen LogP contribution is 2.38. The van der Waals surface area contributed by atoms with Crippen molar-refractivity contribution in [3.8, 4) is 0 Å². The molecule has 1 aromatic heterocycles. The maximum absolute atomic E-state index is 13.1. The van der Waals surface area contributed by atoms with Crippen molar-refractivity contribution in [2.24, 2.45) is 11.3 Å². The van der Waals surface area contributed by atoms with Gasteiger partial charge in [-0.2, -0.15) is 0 Å². The molecule has 0 N–H and O–H groups in total. The number of piperazine rings is 1. The van der Waals surface area contributed by atoms with E-state index in [4.69, 9.17) is 4.52 Å². The van der Waals surface area contributed by atoms with E-state index in [1.807, 2.05) is 4.90 Å². The minimum absolute atomic E-state index is 0.0293. The number of anilines is 1. The molecule has 6 heteroatoms. The van der Waals surface area contributed by atoms with Gasteiger partial charge < -0.3 is 14.3 Å². The van der Waals surface area contributed by atoms with Crippen molar-refractivity contribution < 1.29 is 13.7 Å². The Bertz CT molecular complexity index is 846. The molecule has 150 valence electrons. The van der Waals surface area contributed by atoms with Crippen LogP contribution in [-0.2, 0) is 12.8 Å². The zero-order chi connectivity index (χ0) is 19.9. The molecule has 1 unspecified atom stereocenters. The van der Waals surface area contributed by atoms with Gasteiger partial charge in [-0.15, -0.1) is 0 Å². The fourth-order valence-corrected chi connectivity index (χ4v) is 4.28. The number of hydrogen-bond donors (Lipinski definition) is 0. The molecule has 0 saturated carbocycles. The van der Waals surface area contributed by atoms with E-state index in [0.29, 0.717) is 24.7 Å². The quantitative estimate of drug-likeness (QED) is 0.786. The molecule has 0 bridgehead atoms. The van der Waals surface area contributed by atoms with E-state index in [1.165, 1.54) is 12.1 Å². The van der Waals surface area contributed by atoms with Crippen LogP contribution in [0.3, 0.4) is 0 Å². The molecule has 0 spiro atoms. The first kappa shape index (κ1) is 19.0. The Labute approximate surface area is 165 Å². The van der Waals surface area contributed by atoms with Gasteiger partial charge in [0.1, 0.15) is 11.6 Å². The largest absolute Gasteiger partial charge is 0.368 e. The smallest absolute Gasteiger partial charge is 0.276 e. The monoisotopic (exact) mass is 385 g/mol. The van der Waals surface area contributed by atoms with Gasteiger partial charge >= 0.3 is 0 Å². The number of carbonyl (C=O) groups is 1. The average molecular weight is 385 g/mol. The lowest BCUT2D eigenvalue weighted by Gasteiger charge is -2.36. The summed E-state index contributed by atoms with van der Waals surface area (Å²) in [7, 11) is 0. The van der Waals surface area contributed by atoms with Crippen LogP contribution in [0.1, 0.15) is 49.0 Å². The summed E-state index contributed by atoms with van der Waals surface area (Å²) in [5.41, 5.74) is 2.70. The van der Waals surface area contributed by atoms with Gasteiger partial charge in [0.05, 0.1) is 0 Å². The van der Waals surface area contributed by atoms with Crippen molar-refractivity contribution in [2.45, 2.75) is 40.0 Å². The Kier molecular flexibility index (Phi) is 4.89. The number of rotatable bonds is 2. The Balaban J connectivity index is 1.44. The van der Waals surface area contributed by atoms with Crippen molar-refractivity contribution in [1.82, 2.24) is 10.1 Å². The van der Waals surface area contributed by atoms with Crippen LogP contribution in [-0.4, -0.2) is 42.1 Å². The average Bonchev–Trinajstić information content (AvgIpc) is 3.11. The topological polar surface area (TPSA) is 49.6 Å². The second-order valence-corrected chi connectivity index (χ2v) is 8.99. The van der Waals surface area contributed by atoms with Crippen molar-refractivity contribution >= 4 is 11.6 Å². The zero-order valence-electron chi connectivity index (χ0n) is 16.9. The molecule has 1 saturated heterocycles. The summed E-state index contributed by atoms with van der Waals surface area (Å²) in [6, 6.07) is 6.52. The van der Waals surface area contributed by atoms with Gasteiger partial charge in [-0.3, -0.25) is 4.79 Å². The normalized spacial score (nSPS) is 20.2. The summed E-state index contributed by atoms with van der Waals surface area (Å²) < 4.78 is 18.6. The van der Waals surface area contributed by atoms with Gasteiger partial charge in [0.15, 0.2) is 5.69 Å².